The second-order valence-electron chi connectivity index (χ2n) is 3.40. The van der Waals surface area contributed by atoms with Gasteiger partial charge in [-0.05, 0) is 20.8 Å². The van der Waals surface area contributed by atoms with Crippen molar-refractivity contribution in [1.82, 2.24) is 0 Å². The molecule has 0 radical (unpaired) electrons. The van der Waals surface area contributed by atoms with Crippen LogP contribution in [0.25, 0.3) is 0 Å². The average Bonchev–Trinajstić information content (AvgIpc) is 2.80. The molecule has 0 aliphatic carbocycles. The molecular weight excluding hydrogens is 261 g/mol. The lowest BCUT2D eigenvalue weighted by atomic mass is 10.3. The predicted octanol–water partition coefficient (Wildman–Crippen LogP) is 1.92. The third-order valence-corrected chi connectivity index (χ3v) is 4.35. The van der Waals surface area contributed by atoms with Gasteiger partial charge in [-0.15, -0.1) is 0 Å². The first-order chi connectivity index (χ1) is 8.57. The Balaban J connectivity index is 2.66. The van der Waals surface area contributed by atoms with Crippen LogP contribution in [-0.4, -0.2) is 37.3 Å². The van der Waals surface area contributed by atoms with E-state index in [2.05, 4.69) is 5.16 Å². The fraction of sp³-hybridized carbons (Fsp3) is 0.800. The predicted molar refractivity (Wildman–Crippen MR) is 64.4 cm³/mol. The number of oxime groups is 1. The van der Waals surface area contributed by atoms with Crippen molar-refractivity contribution in [3.63, 3.8) is 0 Å². The lowest BCUT2D eigenvalue weighted by Gasteiger charge is -2.20. The van der Waals surface area contributed by atoms with E-state index in [0.717, 1.165) is 0 Å². The SMILES string of the molecule is CCOC(=O)C1=NO[C@@H](P(=O)(OCC)OCC)C1. The summed E-state index contributed by atoms with van der Waals surface area (Å²) in [5.74, 6) is -1.45. The topological polar surface area (TPSA) is 83.4 Å². The van der Waals surface area contributed by atoms with Crippen molar-refractivity contribution in [2.24, 2.45) is 5.16 Å². The Hall–Kier alpha value is -0.910. The molecule has 1 aliphatic rings. The van der Waals surface area contributed by atoms with E-state index in [0.29, 0.717) is 0 Å². The molecule has 7 nitrogen and oxygen atoms in total. The quantitative estimate of drug-likeness (QED) is 0.523. The minimum absolute atomic E-state index is 0.0656. The maximum absolute atomic E-state index is 12.3. The molecular formula is C10H18NO6P. The number of esters is 1. The second-order valence-corrected chi connectivity index (χ2v) is 5.57. The monoisotopic (exact) mass is 279 g/mol. The normalized spacial score (nSPS) is 19.3. The number of carbonyl (C=O) groups excluding carboxylic acids is 1. The van der Waals surface area contributed by atoms with Crippen molar-refractivity contribution in [3.05, 3.63) is 0 Å². The second kappa shape index (κ2) is 6.87. The van der Waals surface area contributed by atoms with Gasteiger partial charge in [0, 0.05) is 0 Å². The van der Waals surface area contributed by atoms with Gasteiger partial charge in [-0.2, -0.15) is 0 Å². The lowest BCUT2D eigenvalue weighted by molar-refractivity contribution is -0.135. The average molecular weight is 279 g/mol. The van der Waals surface area contributed by atoms with E-state index in [1.807, 2.05) is 0 Å². The van der Waals surface area contributed by atoms with Gasteiger partial charge < -0.3 is 18.6 Å². The lowest BCUT2D eigenvalue weighted by Crippen LogP contribution is -2.19. The summed E-state index contributed by atoms with van der Waals surface area (Å²) in [7, 11) is -3.41. The van der Waals surface area contributed by atoms with Gasteiger partial charge in [0.2, 0.25) is 5.85 Å². The minimum atomic E-state index is -3.41. The smallest absolute Gasteiger partial charge is 0.374 e. The van der Waals surface area contributed by atoms with Crippen LogP contribution in [0.5, 0.6) is 0 Å². The molecule has 0 aromatic rings. The first-order valence-electron chi connectivity index (χ1n) is 5.86. The van der Waals surface area contributed by atoms with Crippen LogP contribution in [0.15, 0.2) is 5.16 Å². The van der Waals surface area contributed by atoms with Crippen molar-refractivity contribution < 1.29 is 28.0 Å². The van der Waals surface area contributed by atoms with Gasteiger partial charge in [0.15, 0.2) is 5.71 Å². The summed E-state index contributed by atoms with van der Waals surface area (Å²) in [5.41, 5.74) is 0.0986. The van der Waals surface area contributed by atoms with Crippen LogP contribution in [0, 0.1) is 0 Å². The summed E-state index contributed by atoms with van der Waals surface area (Å²) in [4.78, 5) is 16.4. The van der Waals surface area contributed by atoms with E-state index in [1.165, 1.54) is 0 Å². The molecule has 0 bridgehead atoms. The zero-order valence-electron chi connectivity index (χ0n) is 10.7. The highest BCUT2D eigenvalue weighted by atomic mass is 31.2. The molecule has 1 atom stereocenters. The van der Waals surface area contributed by atoms with Gasteiger partial charge in [0.05, 0.1) is 26.2 Å². The number of carbonyl (C=O) groups is 1. The first-order valence-corrected chi connectivity index (χ1v) is 7.47. The molecule has 0 saturated carbocycles. The third kappa shape index (κ3) is 3.54. The number of rotatable bonds is 7. The van der Waals surface area contributed by atoms with Gasteiger partial charge in [-0.25, -0.2) is 4.79 Å². The highest BCUT2D eigenvalue weighted by Crippen LogP contribution is 2.55. The van der Waals surface area contributed by atoms with E-state index < -0.39 is 19.4 Å². The molecule has 0 spiro atoms. The summed E-state index contributed by atoms with van der Waals surface area (Å²) in [5, 5.41) is 3.58. The first kappa shape index (κ1) is 15.1. The van der Waals surface area contributed by atoms with Crippen LogP contribution < -0.4 is 0 Å². The summed E-state index contributed by atoms with van der Waals surface area (Å²) in [6.07, 6.45) is 0.0656. The summed E-state index contributed by atoms with van der Waals surface area (Å²) in [6, 6.07) is 0. The third-order valence-electron chi connectivity index (χ3n) is 2.13. The number of hydrogen-bond donors (Lipinski definition) is 0. The minimum Gasteiger partial charge on any atom is -0.461 e. The molecule has 0 amide bonds. The van der Waals surface area contributed by atoms with Crippen LogP contribution in [0.2, 0.25) is 0 Å². The Labute approximate surface area is 106 Å². The van der Waals surface area contributed by atoms with E-state index >= 15 is 0 Å². The molecule has 0 N–H and O–H groups in total. The van der Waals surface area contributed by atoms with Gasteiger partial charge in [-0.1, -0.05) is 5.16 Å². The van der Waals surface area contributed by atoms with Crippen LogP contribution in [0.3, 0.4) is 0 Å². The Morgan fingerprint density at radius 1 is 1.33 bits per heavy atom. The van der Waals surface area contributed by atoms with Gasteiger partial charge in [-0.3, -0.25) is 4.57 Å². The van der Waals surface area contributed by atoms with Crippen molar-refractivity contribution >= 4 is 19.3 Å². The summed E-state index contributed by atoms with van der Waals surface area (Å²) >= 11 is 0. The molecule has 18 heavy (non-hydrogen) atoms. The van der Waals surface area contributed by atoms with Crippen molar-refractivity contribution in [1.29, 1.82) is 0 Å². The maximum Gasteiger partial charge on any atom is 0.374 e. The molecule has 1 heterocycles. The van der Waals surface area contributed by atoms with Crippen molar-refractivity contribution in [2.45, 2.75) is 33.0 Å². The highest BCUT2D eigenvalue weighted by molar-refractivity contribution is 7.54. The van der Waals surface area contributed by atoms with Crippen molar-refractivity contribution in [2.75, 3.05) is 19.8 Å². The Kier molecular flexibility index (Phi) is 5.78. The molecule has 0 saturated heterocycles. The standard InChI is InChI=1S/C10H18NO6P/c1-4-14-10(12)8-7-9(17-11-8)18(13,15-5-2)16-6-3/h9H,4-7H2,1-3H3/t9-/m0/s1. The zero-order chi connectivity index (χ0) is 13.6. The van der Waals surface area contributed by atoms with Crippen LogP contribution in [-0.2, 0) is 28.0 Å². The summed E-state index contributed by atoms with van der Waals surface area (Å²) in [6.45, 7) is 5.80. The zero-order valence-corrected chi connectivity index (χ0v) is 11.6. The van der Waals surface area contributed by atoms with Crippen molar-refractivity contribution in [3.8, 4) is 0 Å². The molecule has 1 rings (SSSR count). The number of nitrogens with zero attached hydrogens (tertiary/aromatic N) is 1. The molecule has 0 aromatic heterocycles. The van der Waals surface area contributed by atoms with Gasteiger partial charge >= 0.3 is 13.6 Å². The summed E-state index contributed by atoms with van der Waals surface area (Å²) < 4.78 is 27.4. The van der Waals surface area contributed by atoms with E-state index in [1.54, 1.807) is 20.8 Å². The largest absolute Gasteiger partial charge is 0.461 e. The number of hydrogen-bond acceptors (Lipinski definition) is 7. The van der Waals surface area contributed by atoms with Crippen LogP contribution >= 0.6 is 7.60 Å². The maximum atomic E-state index is 12.3. The molecule has 0 fully saturated rings. The van der Waals surface area contributed by atoms with E-state index in [9.17, 15) is 9.36 Å². The molecule has 8 heteroatoms. The Bertz CT molecular complexity index is 359. The van der Waals surface area contributed by atoms with Gasteiger partial charge in [0.1, 0.15) is 0 Å². The van der Waals surface area contributed by atoms with Gasteiger partial charge in [0.25, 0.3) is 0 Å². The molecule has 0 unspecified atom stereocenters. The molecule has 104 valence electrons. The Morgan fingerprint density at radius 2 is 1.94 bits per heavy atom. The number of ether oxygens (including phenoxy) is 1. The molecule has 0 aromatic carbocycles. The van der Waals surface area contributed by atoms with E-state index in [4.69, 9.17) is 18.6 Å². The van der Waals surface area contributed by atoms with Crippen LogP contribution in [0.1, 0.15) is 27.2 Å². The molecule has 1 aliphatic heterocycles. The van der Waals surface area contributed by atoms with E-state index in [-0.39, 0.29) is 32.0 Å². The Morgan fingerprint density at radius 3 is 2.44 bits per heavy atom. The van der Waals surface area contributed by atoms with Crippen LogP contribution in [0.4, 0.5) is 0 Å². The fourth-order valence-electron chi connectivity index (χ4n) is 1.43. The highest BCUT2D eigenvalue weighted by Gasteiger charge is 2.43. The fourth-order valence-corrected chi connectivity index (χ4v) is 3.12.